The second kappa shape index (κ2) is 6.13. The zero-order valence-electron chi connectivity index (χ0n) is 11.8. The quantitative estimate of drug-likeness (QED) is 0.651. The molecule has 0 amide bonds. The van der Waals surface area contributed by atoms with Gasteiger partial charge in [0.2, 0.25) is 0 Å². The summed E-state index contributed by atoms with van der Waals surface area (Å²) in [5.41, 5.74) is 2.41. The summed E-state index contributed by atoms with van der Waals surface area (Å²) in [6.45, 7) is 6.67. The van der Waals surface area contributed by atoms with Gasteiger partial charge in [-0.1, -0.05) is 0 Å². The average molecular weight is 285 g/mol. The van der Waals surface area contributed by atoms with Crippen molar-refractivity contribution >= 4 is 0 Å². The third kappa shape index (κ3) is 2.98. The van der Waals surface area contributed by atoms with Crippen LogP contribution in [-0.4, -0.2) is 36.7 Å². The molecule has 1 fully saturated rings. The third-order valence-corrected chi connectivity index (χ3v) is 3.97. The van der Waals surface area contributed by atoms with E-state index in [4.69, 9.17) is 10.6 Å². The van der Waals surface area contributed by atoms with Gasteiger partial charge < -0.3 is 4.74 Å². The Balaban J connectivity index is 2.32. The van der Waals surface area contributed by atoms with E-state index in [9.17, 15) is 8.78 Å². The van der Waals surface area contributed by atoms with Crippen molar-refractivity contribution in [2.75, 3.05) is 26.3 Å². The highest BCUT2D eigenvalue weighted by atomic mass is 19.1. The molecule has 0 radical (unpaired) electrons. The lowest BCUT2D eigenvalue weighted by Gasteiger charge is -2.45. The summed E-state index contributed by atoms with van der Waals surface area (Å²) in [6, 6.07) is 2.91. The fourth-order valence-corrected chi connectivity index (χ4v) is 2.73. The lowest BCUT2D eigenvalue weighted by Crippen LogP contribution is -2.57. The van der Waals surface area contributed by atoms with Crippen molar-refractivity contribution in [3.8, 4) is 0 Å². The Hall–Kier alpha value is -1.08. The molecule has 1 aromatic rings. The molecule has 0 saturated carbocycles. The first kappa shape index (κ1) is 15.3. The van der Waals surface area contributed by atoms with Crippen molar-refractivity contribution in [2.24, 2.45) is 5.84 Å². The number of benzene rings is 1. The van der Waals surface area contributed by atoms with Crippen molar-refractivity contribution in [1.82, 2.24) is 10.3 Å². The minimum atomic E-state index is -0.517. The van der Waals surface area contributed by atoms with E-state index in [0.29, 0.717) is 13.2 Å². The molecule has 0 aliphatic carbocycles. The number of rotatable bonds is 4. The fourth-order valence-electron chi connectivity index (χ4n) is 2.73. The van der Waals surface area contributed by atoms with Crippen LogP contribution in [0.3, 0.4) is 0 Å². The number of ether oxygens (including phenoxy) is 1. The van der Waals surface area contributed by atoms with Crippen LogP contribution in [0.15, 0.2) is 18.2 Å². The van der Waals surface area contributed by atoms with Gasteiger partial charge in [-0.05, 0) is 32.0 Å². The molecule has 0 spiro atoms. The number of hydrazine groups is 1. The summed E-state index contributed by atoms with van der Waals surface area (Å²) >= 11 is 0. The van der Waals surface area contributed by atoms with Gasteiger partial charge in [0.15, 0.2) is 0 Å². The van der Waals surface area contributed by atoms with Crippen LogP contribution < -0.4 is 11.3 Å². The van der Waals surface area contributed by atoms with E-state index in [-0.39, 0.29) is 5.56 Å². The Morgan fingerprint density at radius 1 is 1.30 bits per heavy atom. The van der Waals surface area contributed by atoms with E-state index in [1.807, 2.05) is 13.8 Å². The number of nitrogens with one attached hydrogen (secondary N) is 1. The number of halogens is 2. The number of nitrogens with zero attached hydrogens (tertiary/aromatic N) is 1. The zero-order valence-corrected chi connectivity index (χ0v) is 11.8. The van der Waals surface area contributed by atoms with E-state index < -0.39 is 23.2 Å². The third-order valence-electron chi connectivity index (χ3n) is 3.97. The normalized spacial score (nSPS) is 19.1. The molecule has 1 saturated heterocycles. The minimum Gasteiger partial charge on any atom is -0.379 e. The summed E-state index contributed by atoms with van der Waals surface area (Å²) in [5, 5.41) is 0. The largest absolute Gasteiger partial charge is 0.379 e. The molecule has 3 N–H and O–H groups in total. The molecule has 1 aliphatic heterocycles. The molecule has 0 aromatic heterocycles. The van der Waals surface area contributed by atoms with Gasteiger partial charge >= 0.3 is 0 Å². The Kier molecular flexibility index (Phi) is 4.70. The highest BCUT2D eigenvalue weighted by Crippen LogP contribution is 2.32. The van der Waals surface area contributed by atoms with Gasteiger partial charge in [-0.15, -0.1) is 0 Å². The number of hydrogen-bond donors (Lipinski definition) is 2. The Morgan fingerprint density at radius 3 is 2.55 bits per heavy atom. The molecule has 112 valence electrons. The van der Waals surface area contributed by atoms with Crippen LogP contribution in [0.5, 0.6) is 0 Å². The average Bonchev–Trinajstić information content (AvgIpc) is 2.44. The predicted molar refractivity (Wildman–Crippen MR) is 72.9 cm³/mol. The van der Waals surface area contributed by atoms with Gasteiger partial charge in [0, 0.05) is 24.2 Å². The molecule has 2 rings (SSSR count). The minimum absolute atomic E-state index is 0.240. The lowest BCUT2D eigenvalue weighted by molar-refractivity contribution is -0.0243. The van der Waals surface area contributed by atoms with E-state index in [1.54, 1.807) is 0 Å². The molecular weight excluding hydrogens is 264 g/mol. The first-order valence-corrected chi connectivity index (χ1v) is 6.70. The Bertz CT molecular complexity index is 462. The summed E-state index contributed by atoms with van der Waals surface area (Å²) in [6.07, 6.45) is 0. The van der Waals surface area contributed by atoms with Crippen molar-refractivity contribution in [3.05, 3.63) is 35.4 Å². The van der Waals surface area contributed by atoms with Gasteiger partial charge in [0.05, 0.1) is 19.3 Å². The molecule has 1 atom stereocenters. The molecule has 1 unspecified atom stereocenters. The highest BCUT2D eigenvalue weighted by molar-refractivity contribution is 5.25. The van der Waals surface area contributed by atoms with E-state index in [1.165, 1.54) is 6.07 Å². The molecule has 20 heavy (non-hydrogen) atoms. The van der Waals surface area contributed by atoms with Crippen LogP contribution in [-0.2, 0) is 4.74 Å². The topological polar surface area (TPSA) is 50.5 Å². The smallest absolute Gasteiger partial charge is 0.128 e. The maximum absolute atomic E-state index is 14.0. The lowest BCUT2D eigenvalue weighted by atomic mass is 9.86. The Morgan fingerprint density at radius 2 is 1.95 bits per heavy atom. The second-order valence-corrected chi connectivity index (χ2v) is 5.52. The highest BCUT2D eigenvalue weighted by Gasteiger charge is 2.38. The van der Waals surface area contributed by atoms with E-state index in [2.05, 4.69) is 10.3 Å². The summed E-state index contributed by atoms with van der Waals surface area (Å²) in [5.74, 6) is 4.68. The van der Waals surface area contributed by atoms with Crippen LogP contribution in [0.2, 0.25) is 0 Å². The SMILES string of the molecule is CC(C)(C(NN)c1cc(F)ccc1F)N1CCOCC1. The van der Waals surface area contributed by atoms with Crippen LogP contribution in [0.25, 0.3) is 0 Å². The summed E-state index contributed by atoms with van der Waals surface area (Å²) in [4.78, 5) is 2.17. The van der Waals surface area contributed by atoms with Crippen molar-refractivity contribution in [2.45, 2.75) is 25.4 Å². The maximum atomic E-state index is 14.0. The van der Waals surface area contributed by atoms with Gasteiger partial charge in [-0.2, -0.15) is 0 Å². The molecule has 6 heteroatoms. The van der Waals surface area contributed by atoms with Crippen LogP contribution in [0, 0.1) is 11.6 Å². The first-order valence-electron chi connectivity index (χ1n) is 6.70. The predicted octanol–water partition coefficient (Wildman–Crippen LogP) is 1.58. The first-order chi connectivity index (χ1) is 9.46. The molecule has 1 aromatic carbocycles. The second-order valence-electron chi connectivity index (χ2n) is 5.52. The van der Waals surface area contributed by atoms with Crippen LogP contribution in [0.4, 0.5) is 8.78 Å². The van der Waals surface area contributed by atoms with Gasteiger partial charge in [-0.3, -0.25) is 16.2 Å². The van der Waals surface area contributed by atoms with Crippen LogP contribution >= 0.6 is 0 Å². The number of hydrogen-bond acceptors (Lipinski definition) is 4. The Labute approximate surface area is 117 Å². The van der Waals surface area contributed by atoms with Gasteiger partial charge in [0.25, 0.3) is 0 Å². The van der Waals surface area contributed by atoms with Gasteiger partial charge in [0.1, 0.15) is 11.6 Å². The summed E-state index contributed by atoms with van der Waals surface area (Å²) in [7, 11) is 0. The molecule has 1 aliphatic rings. The van der Waals surface area contributed by atoms with Crippen molar-refractivity contribution in [1.29, 1.82) is 0 Å². The van der Waals surface area contributed by atoms with Crippen molar-refractivity contribution < 1.29 is 13.5 Å². The standard InChI is InChI=1S/C14H21F2N3O/c1-14(2,19-5-7-20-8-6-19)13(18-17)11-9-10(15)3-4-12(11)16/h3-4,9,13,18H,5-8,17H2,1-2H3. The van der Waals surface area contributed by atoms with E-state index in [0.717, 1.165) is 25.2 Å². The van der Waals surface area contributed by atoms with Crippen LogP contribution in [0.1, 0.15) is 25.5 Å². The monoisotopic (exact) mass is 285 g/mol. The summed E-state index contributed by atoms with van der Waals surface area (Å²) < 4.78 is 32.7. The fraction of sp³-hybridized carbons (Fsp3) is 0.571. The molecule has 1 heterocycles. The number of nitrogens with two attached hydrogens (primary N) is 1. The van der Waals surface area contributed by atoms with E-state index >= 15 is 0 Å². The maximum Gasteiger partial charge on any atom is 0.128 e. The molecule has 4 nitrogen and oxygen atoms in total. The number of morpholine rings is 1. The molecular formula is C14H21F2N3O. The zero-order chi connectivity index (χ0) is 14.8. The van der Waals surface area contributed by atoms with Crippen molar-refractivity contribution in [3.63, 3.8) is 0 Å². The van der Waals surface area contributed by atoms with Gasteiger partial charge in [-0.25, -0.2) is 8.78 Å². The molecule has 0 bridgehead atoms.